The predicted molar refractivity (Wildman–Crippen MR) is 61.1 cm³/mol. The van der Waals surface area contributed by atoms with E-state index >= 15 is 0 Å². The molecule has 0 fully saturated rings. The summed E-state index contributed by atoms with van der Waals surface area (Å²) >= 11 is 1.12. The van der Waals surface area contributed by atoms with Gasteiger partial charge in [-0.05, 0) is 25.5 Å². The lowest BCUT2D eigenvalue weighted by Gasteiger charge is -2.11. The summed E-state index contributed by atoms with van der Waals surface area (Å²) < 4.78 is 25.8. The topological polar surface area (TPSA) is 83.5 Å². The normalized spacial score (nSPS) is 13.6. The maximum atomic E-state index is 11.8. The fraction of sp³-hybridized carbons (Fsp3) is 0.444. The Hall–Kier alpha value is -0.920. The molecule has 16 heavy (non-hydrogen) atoms. The number of nitrogens with one attached hydrogen (secondary N) is 1. The third kappa shape index (κ3) is 3.03. The molecule has 1 heterocycles. The molecule has 0 spiro atoms. The predicted octanol–water partition coefficient (Wildman–Crippen LogP) is 1.20. The lowest BCUT2D eigenvalue weighted by Crippen LogP contribution is -2.39. The number of sulfonamides is 1. The molecule has 7 heteroatoms. The molecule has 0 saturated carbocycles. The molecule has 0 saturated heterocycles. The number of carboxylic acids is 1. The van der Waals surface area contributed by atoms with E-state index in [0.29, 0.717) is 0 Å². The van der Waals surface area contributed by atoms with Gasteiger partial charge in [-0.1, -0.05) is 6.92 Å². The van der Waals surface area contributed by atoms with E-state index in [-0.39, 0.29) is 10.6 Å². The molecule has 0 amide bonds. The van der Waals surface area contributed by atoms with Gasteiger partial charge >= 0.3 is 5.97 Å². The number of carboxylic acid groups (broad SMARTS) is 1. The molecule has 0 aromatic carbocycles. The summed E-state index contributed by atoms with van der Waals surface area (Å²) in [6.45, 7) is 3.40. The van der Waals surface area contributed by atoms with Gasteiger partial charge in [-0.3, -0.25) is 4.79 Å². The number of carbonyl (C=O) groups is 1. The number of thiophene rings is 1. The van der Waals surface area contributed by atoms with Crippen LogP contribution in [-0.2, 0) is 14.8 Å². The van der Waals surface area contributed by atoms with Gasteiger partial charge in [0.1, 0.15) is 10.3 Å². The Labute approximate surface area is 98.2 Å². The molecular formula is C9H13NO4S2. The van der Waals surface area contributed by atoms with Crippen LogP contribution in [0.25, 0.3) is 0 Å². The van der Waals surface area contributed by atoms with Crippen LogP contribution in [0.4, 0.5) is 0 Å². The molecule has 2 N–H and O–H groups in total. The van der Waals surface area contributed by atoms with Crippen molar-refractivity contribution in [2.24, 2.45) is 0 Å². The molecule has 0 aliphatic heterocycles. The summed E-state index contributed by atoms with van der Waals surface area (Å²) in [4.78, 5) is 11.6. The van der Waals surface area contributed by atoms with Gasteiger partial charge in [0.05, 0.1) is 0 Å². The lowest BCUT2D eigenvalue weighted by atomic mass is 10.2. The fourth-order valence-electron chi connectivity index (χ4n) is 1.11. The van der Waals surface area contributed by atoms with E-state index in [1.54, 1.807) is 19.9 Å². The molecule has 0 aliphatic rings. The number of rotatable bonds is 5. The van der Waals surface area contributed by atoms with E-state index in [4.69, 9.17) is 5.11 Å². The Bertz CT molecular complexity index is 477. The highest BCUT2D eigenvalue weighted by Gasteiger charge is 2.24. The fourth-order valence-corrected chi connectivity index (χ4v) is 3.68. The summed E-state index contributed by atoms with van der Waals surface area (Å²) in [6.07, 6.45) is 0.207. The van der Waals surface area contributed by atoms with Gasteiger partial charge in [-0.25, -0.2) is 8.42 Å². The molecule has 0 aliphatic carbocycles. The minimum atomic E-state index is -3.71. The van der Waals surface area contributed by atoms with Gasteiger partial charge in [0.15, 0.2) is 0 Å². The van der Waals surface area contributed by atoms with Crippen molar-refractivity contribution in [1.82, 2.24) is 4.72 Å². The monoisotopic (exact) mass is 263 g/mol. The van der Waals surface area contributed by atoms with Crippen LogP contribution in [0.2, 0.25) is 0 Å². The minimum absolute atomic E-state index is 0.143. The van der Waals surface area contributed by atoms with Gasteiger partial charge < -0.3 is 5.11 Å². The largest absolute Gasteiger partial charge is 0.480 e. The number of aliphatic carboxylic acids is 1. The van der Waals surface area contributed by atoms with Crippen molar-refractivity contribution in [3.63, 3.8) is 0 Å². The first-order valence-corrected chi connectivity index (χ1v) is 6.98. The van der Waals surface area contributed by atoms with Crippen LogP contribution in [0.5, 0.6) is 0 Å². The van der Waals surface area contributed by atoms with E-state index < -0.39 is 22.0 Å². The van der Waals surface area contributed by atoms with E-state index in [1.165, 1.54) is 6.07 Å². The first-order chi connectivity index (χ1) is 7.36. The van der Waals surface area contributed by atoms with Gasteiger partial charge in [-0.15, -0.1) is 11.3 Å². The average Bonchev–Trinajstić information content (AvgIpc) is 2.61. The summed E-state index contributed by atoms with van der Waals surface area (Å²) in [6, 6.07) is 2.07. The molecule has 90 valence electrons. The van der Waals surface area contributed by atoms with Crippen LogP contribution < -0.4 is 4.72 Å². The Kier molecular flexibility index (Phi) is 4.06. The van der Waals surface area contributed by atoms with E-state index in [9.17, 15) is 13.2 Å². The van der Waals surface area contributed by atoms with Crippen LogP contribution in [0, 0.1) is 6.92 Å². The highest BCUT2D eigenvalue weighted by molar-refractivity contribution is 7.91. The maximum Gasteiger partial charge on any atom is 0.321 e. The summed E-state index contributed by atoms with van der Waals surface area (Å²) in [7, 11) is -3.71. The van der Waals surface area contributed by atoms with Gasteiger partial charge in [-0.2, -0.15) is 4.72 Å². The number of hydrogen-bond acceptors (Lipinski definition) is 4. The van der Waals surface area contributed by atoms with Crippen molar-refractivity contribution in [3.05, 3.63) is 17.0 Å². The molecule has 1 aromatic heterocycles. The Morgan fingerprint density at radius 2 is 2.19 bits per heavy atom. The van der Waals surface area contributed by atoms with Crippen LogP contribution in [0.1, 0.15) is 18.2 Å². The van der Waals surface area contributed by atoms with E-state index in [0.717, 1.165) is 16.2 Å². The molecule has 0 bridgehead atoms. The van der Waals surface area contributed by atoms with Crippen LogP contribution >= 0.6 is 11.3 Å². The number of hydrogen-bond donors (Lipinski definition) is 2. The van der Waals surface area contributed by atoms with Crippen molar-refractivity contribution < 1.29 is 18.3 Å². The summed E-state index contributed by atoms with van der Waals surface area (Å²) in [5.41, 5.74) is 0. The lowest BCUT2D eigenvalue weighted by molar-refractivity contribution is -0.139. The third-order valence-corrected chi connectivity index (χ3v) is 4.95. The molecule has 5 nitrogen and oxygen atoms in total. The molecule has 1 unspecified atom stereocenters. The van der Waals surface area contributed by atoms with Gasteiger partial charge in [0.25, 0.3) is 10.0 Å². The minimum Gasteiger partial charge on any atom is -0.480 e. The zero-order chi connectivity index (χ0) is 12.3. The Balaban J connectivity index is 2.91. The van der Waals surface area contributed by atoms with Crippen molar-refractivity contribution in [2.45, 2.75) is 30.5 Å². The zero-order valence-electron chi connectivity index (χ0n) is 8.93. The Morgan fingerprint density at radius 3 is 2.56 bits per heavy atom. The Morgan fingerprint density at radius 1 is 1.56 bits per heavy atom. The van der Waals surface area contributed by atoms with Crippen molar-refractivity contribution in [1.29, 1.82) is 0 Å². The van der Waals surface area contributed by atoms with Crippen LogP contribution in [-0.4, -0.2) is 25.5 Å². The summed E-state index contributed by atoms with van der Waals surface area (Å²) in [5.74, 6) is -1.17. The van der Waals surface area contributed by atoms with Crippen molar-refractivity contribution in [3.8, 4) is 0 Å². The smallest absolute Gasteiger partial charge is 0.321 e. The van der Waals surface area contributed by atoms with Crippen LogP contribution in [0.3, 0.4) is 0 Å². The van der Waals surface area contributed by atoms with Crippen molar-refractivity contribution >= 4 is 27.3 Å². The molecule has 1 aromatic rings. The number of aryl methyl sites for hydroxylation is 1. The molecule has 1 atom stereocenters. The van der Waals surface area contributed by atoms with Crippen molar-refractivity contribution in [2.75, 3.05) is 0 Å². The molecular weight excluding hydrogens is 250 g/mol. The zero-order valence-corrected chi connectivity index (χ0v) is 10.6. The SMILES string of the molecule is CCC(NS(=O)(=O)c1ccc(C)s1)C(=O)O. The van der Waals surface area contributed by atoms with Gasteiger partial charge in [0, 0.05) is 4.88 Å². The average molecular weight is 263 g/mol. The van der Waals surface area contributed by atoms with E-state index in [1.807, 2.05) is 0 Å². The standard InChI is InChI=1S/C9H13NO4S2/c1-3-7(9(11)12)10-16(13,14)8-5-4-6(2)15-8/h4-5,7,10H,3H2,1-2H3,(H,11,12). The molecule has 0 radical (unpaired) electrons. The first kappa shape index (κ1) is 13.1. The highest BCUT2D eigenvalue weighted by atomic mass is 32.2. The van der Waals surface area contributed by atoms with Gasteiger partial charge in [0.2, 0.25) is 0 Å². The quantitative estimate of drug-likeness (QED) is 0.836. The second-order valence-electron chi connectivity index (χ2n) is 3.29. The third-order valence-electron chi connectivity index (χ3n) is 1.98. The second-order valence-corrected chi connectivity index (χ2v) is 6.51. The van der Waals surface area contributed by atoms with Crippen LogP contribution in [0.15, 0.2) is 16.3 Å². The second kappa shape index (κ2) is 4.94. The molecule has 1 rings (SSSR count). The van der Waals surface area contributed by atoms with E-state index in [2.05, 4.69) is 4.72 Å². The summed E-state index contributed by atoms with van der Waals surface area (Å²) in [5, 5.41) is 8.77. The first-order valence-electron chi connectivity index (χ1n) is 4.68. The maximum absolute atomic E-state index is 11.8. The highest BCUT2D eigenvalue weighted by Crippen LogP contribution is 2.20.